The highest BCUT2D eigenvalue weighted by Crippen LogP contribution is 2.41. The first-order valence-electron chi connectivity index (χ1n) is 8.97. The number of nitrogens with zero attached hydrogens (tertiary/aromatic N) is 1. The first-order valence-corrected chi connectivity index (χ1v) is 8.97. The molecule has 2 aliphatic rings. The molecule has 0 radical (unpaired) electrons. The van der Waals surface area contributed by atoms with E-state index in [1.54, 1.807) is 0 Å². The summed E-state index contributed by atoms with van der Waals surface area (Å²) in [6.07, 6.45) is 5.50. The highest BCUT2D eigenvalue weighted by Gasteiger charge is 2.35. The van der Waals surface area contributed by atoms with Crippen molar-refractivity contribution in [1.29, 1.82) is 0 Å². The Morgan fingerprint density at radius 1 is 1.00 bits per heavy atom. The second-order valence-electron chi connectivity index (χ2n) is 8.49. The van der Waals surface area contributed by atoms with Crippen LogP contribution >= 0.6 is 0 Å². The van der Waals surface area contributed by atoms with Crippen LogP contribution in [0.15, 0.2) is 18.2 Å². The fourth-order valence-corrected chi connectivity index (χ4v) is 4.16. The number of anilines is 1. The van der Waals surface area contributed by atoms with Crippen LogP contribution in [0.1, 0.15) is 57.6 Å². The zero-order valence-electron chi connectivity index (χ0n) is 14.8. The third kappa shape index (κ3) is 3.17. The molecule has 3 rings (SSSR count). The summed E-state index contributed by atoms with van der Waals surface area (Å²) < 4.78 is 0. The Hall–Kier alpha value is -1.02. The molecule has 0 amide bonds. The van der Waals surface area contributed by atoms with Crippen molar-refractivity contribution in [3.8, 4) is 0 Å². The number of hydrogen-bond acceptors (Lipinski definition) is 2. The van der Waals surface area contributed by atoms with Gasteiger partial charge in [-0.05, 0) is 73.7 Å². The molecule has 1 spiro atoms. The second kappa shape index (κ2) is 5.88. The molecule has 0 unspecified atom stereocenters. The molecule has 1 aromatic rings. The van der Waals surface area contributed by atoms with Gasteiger partial charge in [0, 0.05) is 18.8 Å². The number of piperidine rings is 2. The lowest BCUT2D eigenvalue weighted by Crippen LogP contribution is -2.45. The fraction of sp³-hybridized carbons (Fsp3) is 0.700. The summed E-state index contributed by atoms with van der Waals surface area (Å²) >= 11 is 0. The van der Waals surface area contributed by atoms with Crippen LogP contribution in [0.3, 0.4) is 0 Å². The van der Waals surface area contributed by atoms with E-state index in [4.69, 9.17) is 0 Å². The second-order valence-corrected chi connectivity index (χ2v) is 8.49. The predicted octanol–water partition coefficient (Wildman–Crippen LogP) is 4.26. The normalized spacial score (nSPS) is 22.1. The van der Waals surface area contributed by atoms with E-state index in [1.807, 2.05) is 0 Å². The lowest BCUT2D eigenvalue weighted by molar-refractivity contribution is 0.155. The monoisotopic (exact) mass is 300 g/mol. The van der Waals surface area contributed by atoms with Crippen molar-refractivity contribution < 1.29 is 0 Å². The lowest BCUT2D eigenvalue weighted by atomic mass is 9.71. The summed E-state index contributed by atoms with van der Waals surface area (Å²) in [4.78, 5) is 2.62. The summed E-state index contributed by atoms with van der Waals surface area (Å²) in [6.45, 7) is 14.1. The smallest absolute Gasteiger partial charge is 0.0396 e. The highest BCUT2D eigenvalue weighted by atomic mass is 15.1. The van der Waals surface area contributed by atoms with Gasteiger partial charge in [0.05, 0.1) is 0 Å². The van der Waals surface area contributed by atoms with Crippen LogP contribution < -0.4 is 10.2 Å². The van der Waals surface area contributed by atoms with E-state index >= 15 is 0 Å². The molecule has 0 saturated carbocycles. The minimum atomic E-state index is 0.240. The summed E-state index contributed by atoms with van der Waals surface area (Å²) in [7, 11) is 0. The molecular formula is C20H32N2. The Kier molecular flexibility index (Phi) is 4.24. The van der Waals surface area contributed by atoms with Gasteiger partial charge in [0.25, 0.3) is 0 Å². The van der Waals surface area contributed by atoms with Crippen molar-refractivity contribution in [3.63, 3.8) is 0 Å². The van der Waals surface area contributed by atoms with Gasteiger partial charge in [-0.15, -0.1) is 0 Å². The van der Waals surface area contributed by atoms with Crippen molar-refractivity contribution >= 4 is 5.69 Å². The molecule has 1 aromatic carbocycles. The summed E-state index contributed by atoms with van der Waals surface area (Å²) in [6, 6.07) is 7.08. The van der Waals surface area contributed by atoms with E-state index in [0.717, 1.165) is 0 Å². The SMILES string of the molecule is Cc1cc(C(C)(C)C)ccc1N1CCC2(CCNCC2)CC1. The van der Waals surface area contributed by atoms with E-state index in [2.05, 4.69) is 56.1 Å². The Balaban J connectivity index is 1.71. The van der Waals surface area contributed by atoms with Gasteiger partial charge in [-0.2, -0.15) is 0 Å². The minimum absolute atomic E-state index is 0.240. The Morgan fingerprint density at radius 3 is 2.18 bits per heavy atom. The maximum atomic E-state index is 3.52. The van der Waals surface area contributed by atoms with Crippen LogP contribution in [-0.2, 0) is 5.41 Å². The van der Waals surface area contributed by atoms with Gasteiger partial charge in [-0.1, -0.05) is 32.9 Å². The minimum Gasteiger partial charge on any atom is -0.371 e. The molecule has 2 fully saturated rings. The van der Waals surface area contributed by atoms with Crippen LogP contribution in [0.25, 0.3) is 0 Å². The van der Waals surface area contributed by atoms with Gasteiger partial charge in [0.2, 0.25) is 0 Å². The maximum absolute atomic E-state index is 3.52. The first-order chi connectivity index (χ1) is 10.4. The van der Waals surface area contributed by atoms with Crippen LogP contribution in [0.2, 0.25) is 0 Å². The third-order valence-electron chi connectivity index (χ3n) is 5.89. The molecular weight excluding hydrogens is 268 g/mol. The van der Waals surface area contributed by atoms with E-state index in [-0.39, 0.29) is 5.41 Å². The molecule has 1 N–H and O–H groups in total. The zero-order chi connectivity index (χ0) is 15.8. The maximum Gasteiger partial charge on any atom is 0.0396 e. The van der Waals surface area contributed by atoms with E-state index in [1.165, 1.54) is 68.7 Å². The van der Waals surface area contributed by atoms with Gasteiger partial charge in [-0.3, -0.25) is 0 Å². The van der Waals surface area contributed by atoms with Gasteiger partial charge >= 0.3 is 0 Å². The van der Waals surface area contributed by atoms with E-state index < -0.39 is 0 Å². The van der Waals surface area contributed by atoms with Crippen LogP contribution in [-0.4, -0.2) is 26.2 Å². The highest BCUT2D eigenvalue weighted by molar-refractivity contribution is 5.55. The molecule has 2 saturated heterocycles. The number of benzene rings is 1. The van der Waals surface area contributed by atoms with Gasteiger partial charge < -0.3 is 10.2 Å². The molecule has 2 heterocycles. The lowest BCUT2D eigenvalue weighted by Gasteiger charge is -2.45. The molecule has 2 aliphatic heterocycles. The molecule has 122 valence electrons. The molecule has 2 nitrogen and oxygen atoms in total. The van der Waals surface area contributed by atoms with Crippen molar-refractivity contribution in [2.75, 3.05) is 31.1 Å². The average Bonchev–Trinajstić information content (AvgIpc) is 2.48. The molecule has 22 heavy (non-hydrogen) atoms. The van der Waals surface area contributed by atoms with Crippen molar-refractivity contribution in [1.82, 2.24) is 5.32 Å². The molecule has 2 heteroatoms. The summed E-state index contributed by atoms with van der Waals surface area (Å²) in [5, 5.41) is 3.52. The van der Waals surface area contributed by atoms with Crippen molar-refractivity contribution in [3.05, 3.63) is 29.3 Å². The Bertz CT molecular complexity index is 511. The summed E-state index contributed by atoms with van der Waals surface area (Å²) in [5.74, 6) is 0. The third-order valence-corrected chi connectivity index (χ3v) is 5.89. The number of rotatable bonds is 1. The molecule has 0 aromatic heterocycles. The van der Waals surface area contributed by atoms with Crippen LogP contribution in [0, 0.1) is 12.3 Å². The Morgan fingerprint density at radius 2 is 1.64 bits per heavy atom. The number of aryl methyl sites for hydroxylation is 1. The van der Waals surface area contributed by atoms with Crippen molar-refractivity contribution in [2.45, 2.75) is 58.8 Å². The average molecular weight is 300 g/mol. The predicted molar refractivity (Wildman–Crippen MR) is 95.9 cm³/mol. The molecule has 0 atom stereocenters. The quantitative estimate of drug-likeness (QED) is 0.833. The summed E-state index contributed by atoms with van der Waals surface area (Å²) in [5.41, 5.74) is 5.22. The van der Waals surface area contributed by atoms with Crippen LogP contribution in [0.4, 0.5) is 5.69 Å². The van der Waals surface area contributed by atoms with E-state index in [0.29, 0.717) is 5.41 Å². The van der Waals surface area contributed by atoms with Crippen LogP contribution in [0.5, 0.6) is 0 Å². The fourth-order valence-electron chi connectivity index (χ4n) is 4.16. The topological polar surface area (TPSA) is 15.3 Å². The molecule has 0 bridgehead atoms. The van der Waals surface area contributed by atoms with Gasteiger partial charge in [-0.25, -0.2) is 0 Å². The Labute approximate surface area is 136 Å². The molecule has 0 aliphatic carbocycles. The van der Waals surface area contributed by atoms with Crippen molar-refractivity contribution in [2.24, 2.45) is 5.41 Å². The zero-order valence-corrected chi connectivity index (χ0v) is 14.8. The standard InChI is InChI=1S/C20H32N2/c1-16-15-17(19(2,3)4)5-6-18(16)22-13-9-20(10-14-22)7-11-21-12-8-20/h5-6,15,21H,7-14H2,1-4H3. The van der Waals surface area contributed by atoms with Gasteiger partial charge in [0.1, 0.15) is 0 Å². The van der Waals surface area contributed by atoms with E-state index in [9.17, 15) is 0 Å². The number of nitrogens with one attached hydrogen (secondary N) is 1. The number of hydrogen-bond donors (Lipinski definition) is 1. The largest absolute Gasteiger partial charge is 0.371 e. The first kappa shape index (κ1) is 15.9. The van der Waals surface area contributed by atoms with Gasteiger partial charge in [0.15, 0.2) is 0 Å².